The molecule has 2 aromatic heterocycles. The molecule has 0 radical (unpaired) electrons. The molecule has 1 N–H and O–H groups in total. The molecule has 0 aliphatic carbocycles. The minimum atomic E-state index is -4.56. The van der Waals surface area contributed by atoms with Gasteiger partial charge in [-0.1, -0.05) is 0 Å². The maximum absolute atomic E-state index is 13.4. The van der Waals surface area contributed by atoms with Gasteiger partial charge < -0.3 is 15.1 Å². The summed E-state index contributed by atoms with van der Waals surface area (Å²) in [5, 5.41) is 3.18. The van der Waals surface area contributed by atoms with E-state index in [1.54, 1.807) is 18.3 Å². The molecule has 29 heavy (non-hydrogen) atoms. The molecular formula is C20H27F3N6. The van der Waals surface area contributed by atoms with E-state index in [9.17, 15) is 13.2 Å². The second kappa shape index (κ2) is 8.62. The molecule has 0 aromatic carbocycles. The molecule has 6 nitrogen and oxygen atoms in total. The molecule has 0 saturated carbocycles. The van der Waals surface area contributed by atoms with Gasteiger partial charge in [-0.3, -0.25) is 4.98 Å². The highest BCUT2D eigenvalue weighted by molar-refractivity contribution is 5.56. The van der Waals surface area contributed by atoms with Crippen molar-refractivity contribution in [3.8, 4) is 11.4 Å². The van der Waals surface area contributed by atoms with Crippen LogP contribution in [-0.4, -0.2) is 70.1 Å². The smallest absolute Gasteiger partial charge is 0.365 e. The van der Waals surface area contributed by atoms with E-state index in [0.29, 0.717) is 5.56 Å². The van der Waals surface area contributed by atoms with E-state index in [-0.39, 0.29) is 11.6 Å². The summed E-state index contributed by atoms with van der Waals surface area (Å²) in [6.07, 6.45) is -0.764. The van der Waals surface area contributed by atoms with E-state index in [2.05, 4.69) is 37.1 Å². The van der Waals surface area contributed by atoms with E-state index in [0.717, 1.165) is 45.2 Å². The molecule has 0 atom stereocenters. The van der Waals surface area contributed by atoms with Crippen molar-refractivity contribution < 1.29 is 13.2 Å². The van der Waals surface area contributed by atoms with Crippen molar-refractivity contribution in [1.82, 2.24) is 24.8 Å². The van der Waals surface area contributed by atoms with Crippen LogP contribution in [0.4, 0.5) is 19.0 Å². The Labute approximate surface area is 169 Å². The van der Waals surface area contributed by atoms with Crippen LogP contribution in [0.2, 0.25) is 0 Å². The average Bonchev–Trinajstić information content (AvgIpc) is 2.67. The van der Waals surface area contributed by atoms with Crippen LogP contribution in [0.15, 0.2) is 30.6 Å². The van der Waals surface area contributed by atoms with Gasteiger partial charge in [0, 0.05) is 62.3 Å². The largest absolute Gasteiger partial charge is 0.433 e. The number of rotatable bonds is 6. The monoisotopic (exact) mass is 408 g/mol. The Bertz CT molecular complexity index is 802. The van der Waals surface area contributed by atoms with Crippen LogP contribution in [0.1, 0.15) is 26.0 Å². The number of aromatic nitrogens is 3. The number of nitrogens with one attached hydrogen (secondary N) is 1. The van der Waals surface area contributed by atoms with Gasteiger partial charge in [0.1, 0.15) is 5.82 Å². The van der Waals surface area contributed by atoms with Crippen molar-refractivity contribution in [2.45, 2.75) is 32.0 Å². The number of pyridine rings is 1. The topological polar surface area (TPSA) is 57.2 Å². The molecule has 1 aliphatic heterocycles. The van der Waals surface area contributed by atoms with Gasteiger partial charge in [-0.05, 0) is 39.4 Å². The lowest BCUT2D eigenvalue weighted by molar-refractivity contribution is -0.141. The molecular weight excluding hydrogens is 381 g/mol. The van der Waals surface area contributed by atoms with Gasteiger partial charge in [0.05, 0.1) is 0 Å². The molecule has 2 aromatic rings. The van der Waals surface area contributed by atoms with Crippen LogP contribution in [0, 0.1) is 0 Å². The summed E-state index contributed by atoms with van der Waals surface area (Å²) in [5.74, 6) is 0.167. The first-order chi connectivity index (χ1) is 13.6. The SMILES string of the molecule is CN1CCN(CCC(C)(C)Nc2cc(C(F)(F)F)nc(-c3cccnc3)n2)CC1. The Balaban J connectivity index is 1.76. The van der Waals surface area contributed by atoms with Crippen molar-refractivity contribution >= 4 is 5.82 Å². The van der Waals surface area contributed by atoms with Crippen molar-refractivity contribution in [1.29, 1.82) is 0 Å². The fourth-order valence-electron chi connectivity index (χ4n) is 3.20. The summed E-state index contributed by atoms with van der Waals surface area (Å²) in [6.45, 7) is 8.89. The Morgan fingerprint density at radius 1 is 1.10 bits per heavy atom. The summed E-state index contributed by atoms with van der Waals surface area (Å²) < 4.78 is 40.1. The molecule has 158 valence electrons. The Hall–Kier alpha value is -2.26. The summed E-state index contributed by atoms with van der Waals surface area (Å²) in [6, 6.07) is 4.26. The fourth-order valence-corrected chi connectivity index (χ4v) is 3.20. The number of hydrogen-bond acceptors (Lipinski definition) is 6. The summed E-state index contributed by atoms with van der Waals surface area (Å²) in [4.78, 5) is 16.7. The molecule has 0 unspecified atom stereocenters. The highest BCUT2D eigenvalue weighted by atomic mass is 19.4. The lowest BCUT2D eigenvalue weighted by Gasteiger charge is -2.35. The van der Waals surface area contributed by atoms with E-state index in [4.69, 9.17) is 0 Å². The van der Waals surface area contributed by atoms with Gasteiger partial charge in [-0.15, -0.1) is 0 Å². The van der Waals surface area contributed by atoms with Gasteiger partial charge >= 0.3 is 6.18 Å². The van der Waals surface area contributed by atoms with Crippen LogP contribution < -0.4 is 5.32 Å². The molecule has 3 rings (SSSR count). The van der Waals surface area contributed by atoms with Crippen LogP contribution in [0.25, 0.3) is 11.4 Å². The zero-order valence-corrected chi connectivity index (χ0v) is 17.0. The third-order valence-electron chi connectivity index (χ3n) is 5.05. The number of anilines is 1. The zero-order chi connectivity index (χ0) is 21.1. The number of alkyl halides is 3. The van der Waals surface area contributed by atoms with Gasteiger partial charge in [0.2, 0.25) is 0 Å². The first-order valence-corrected chi connectivity index (χ1v) is 9.68. The Morgan fingerprint density at radius 3 is 2.45 bits per heavy atom. The van der Waals surface area contributed by atoms with E-state index in [1.165, 1.54) is 6.20 Å². The molecule has 1 saturated heterocycles. The minimum Gasteiger partial charge on any atom is -0.365 e. The predicted octanol–water partition coefficient (Wildman–Crippen LogP) is 3.39. The lowest BCUT2D eigenvalue weighted by Crippen LogP contribution is -2.46. The highest BCUT2D eigenvalue weighted by Gasteiger charge is 2.34. The molecule has 0 bridgehead atoms. The van der Waals surface area contributed by atoms with Crippen LogP contribution in [0.3, 0.4) is 0 Å². The number of piperazine rings is 1. The van der Waals surface area contributed by atoms with Gasteiger partial charge in [-0.25, -0.2) is 9.97 Å². The number of nitrogens with zero attached hydrogens (tertiary/aromatic N) is 5. The Kier molecular flexibility index (Phi) is 6.38. The van der Waals surface area contributed by atoms with Gasteiger partial charge in [0.25, 0.3) is 0 Å². The molecule has 1 aliphatic rings. The maximum Gasteiger partial charge on any atom is 0.433 e. The van der Waals surface area contributed by atoms with E-state index >= 15 is 0 Å². The quantitative estimate of drug-likeness (QED) is 0.791. The second-order valence-electron chi connectivity index (χ2n) is 8.11. The third-order valence-corrected chi connectivity index (χ3v) is 5.05. The number of halogens is 3. The second-order valence-corrected chi connectivity index (χ2v) is 8.11. The zero-order valence-electron chi connectivity index (χ0n) is 17.0. The van der Waals surface area contributed by atoms with Crippen molar-refractivity contribution in [2.24, 2.45) is 0 Å². The Morgan fingerprint density at radius 2 is 1.83 bits per heavy atom. The number of likely N-dealkylation sites (N-methyl/N-ethyl adjacent to an activating group) is 1. The average molecular weight is 408 g/mol. The van der Waals surface area contributed by atoms with Crippen molar-refractivity contribution in [2.75, 3.05) is 45.1 Å². The standard InChI is InChI=1S/C20H27F3N6/c1-19(2,6-8-29-11-9-28(3)10-12-29)27-17-13-16(20(21,22)23)25-18(26-17)15-5-4-7-24-14-15/h4-5,7,13-14H,6,8-12H2,1-3H3,(H,25,26,27). The third kappa shape index (κ3) is 6.11. The van der Waals surface area contributed by atoms with Gasteiger partial charge in [-0.2, -0.15) is 13.2 Å². The maximum atomic E-state index is 13.4. The lowest BCUT2D eigenvalue weighted by atomic mass is 10.00. The van der Waals surface area contributed by atoms with Crippen LogP contribution >= 0.6 is 0 Å². The van der Waals surface area contributed by atoms with Gasteiger partial charge in [0.15, 0.2) is 11.5 Å². The summed E-state index contributed by atoms with van der Waals surface area (Å²) >= 11 is 0. The van der Waals surface area contributed by atoms with Crippen molar-refractivity contribution in [3.05, 3.63) is 36.3 Å². The molecule has 9 heteroatoms. The van der Waals surface area contributed by atoms with Crippen LogP contribution in [0.5, 0.6) is 0 Å². The van der Waals surface area contributed by atoms with E-state index in [1.807, 2.05) is 13.8 Å². The van der Waals surface area contributed by atoms with E-state index < -0.39 is 17.4 Å². The van der Waals surface area contributed by atoms with Crippen LogP contribution in [-0.2, 0) is 6.18 Å². The predicted molar refractivity (Wildman–Crippen MR) is 107 cm³/mol. The molecule has 0 spiro atoms. The normalized spacial score (nSPS) is 16.8. The summed E-state index contributed by atoms with van der Waals surface area (Å²) in [5.41, 5.74) is -0.951. The summed E-state index contributed by atoms with van der Waals surface area (Å²) in [7, 11) is 2.11. The number of hydrogen-bond donors (Lipinski definition) is 1. The first kappa shape index (κ1) is 21.4. The molecule has 0 amide bonds. The highest BCUT2D eigenvalue weighted by Crippen LogP contribution is 2.31. The molecule has 3 heterocycles. The van der Waals surface area contributed by atoms with Crippen molar-refractivity contribution in [3.63, 3.8) is 0 Å². The minimum absolute atomic E-state index is 0.00490. The fraction of sp³-hybridized carbons (Fsp3) is 0.550. The molecule has 1 fully saturated rings. The first-order valence-electron chi connectivity index (χ1n) is 9.68.